The standard InChI is InChI=1S/C6H11AsO4S/c1-7(2)12-4(6(10)11)3-5(8)9/h4H,3H2,1-2H3,(H,8,9)(H,10,11). The Bertz CT molecular complexity index is 182. The van der Waals surface area contributed by atoms with Crippen molar-refractivity contribution in [1.29, 1.82) is 0 Å². The van der Waals surface area contributed by atoms with E-state index in [9.17, 15) is 9.59 Å². The Kier molecular flexibility index (Phi) is 5.42. The summed E-state index contributed by atoms with van der Waals surface area (Å²) in [5, 5.41) is 16.2. The van der Waals surface area contributed by atoms with Gasteiger partial charge in [0.25, 0.3) is 0 Å². The maximum absolute atomic E-state index is 10.5. The average Bonchev–Trinajstić information content (AvgIpc) is 1.83. The molecular formula is C6H11AsO4S. The van der Waals surface area contributed by atoms with Gasteiger partial charge in [0.05, 0.1) is 0 Å². The van der Waals surface area contributed by atoms with E-state index in [2.05, 4.69) is 0 Å². The van der Waals surface area contributed by atoms with Gasteiger partial charge in [0, 0.05) is 0 Å². The van der Waals surface area contributed by atoms with Crippen molar-refractivity contribution < 1.29 is 19.8 Å². The monoisotopic (exact) mass is 254 g/mol. The number of carboxylic acid groups (broad SMARTS) is 2. The normalized spacial score (nSPS) is 12.9. The predicted octanol–water partition coefficient (Wildman–Crippen LogP) is 0.899. The zero-order valence-corrected chi connectivity index (χ0v) is 9.54. The van der Waals surface area contributed by atoms with Crippen molar-refractivity contribution >= 4 is 35.5 Å². The molecule has 0 heterocycles. The molecular weight excluding hydrogens is 243 g/mol. The number of aliphatic carboxylic acids is 2. The minimum atomic E-state index is -1.13. The molecule has 2 N–H and O–H groups in total. The van der Waals surface area contributed by atoms with Crippen LogP contribution >= 0.6 is 10.0 Å². The predicted molar refractivity (Wildman–Crippen MR) is 48.7 cm³/mol. The van der Waals surface area contributed by atoms with E-state index in [-0.39, 0.29) is 6.42 Å². The molecule has 0 saturated heterocycles. The van der Waals surface area contributed by atoms with Crippen molar-refractivity contribution in [2.75, 3.05) is 0 Å². The van der Waals surface area contributed by atoms with Crippen molar-refractivity contribution in [3.63, 3.8) is 0 Å². The van der Waals surface area contributed by atoms with Crippen molar-refractivity contribution in [3.8, 4) is 0 Å². The third-order valence-corrected chi connectivity index (χ3v) is 6.27. The van der Waals surface area contributed by atoms with Gasteiger partial charge in [0.15, 0.2) is 0 Å². The fraction of sp³-hybridized carbons (Fsp3) is 0.667. The van der Waals surface area contributed by atoms with Crippen LogP contribution in [0.2, 0.25) is 11.4 Å². The van der Waals surface area contributed by atoms with Gasteiger partial charge in [-0.25, -0.2) is 0 Å². The molecule has 1 unspecified atom stereocenters. The van der Waals surface area contributed by atoms with E-state index in [0.717, 1.165) is 0 Å². The summed E-state index contributed by atoms with van der Waals surface area (Å²) in [4.78, 5) is 20.7. The molecule has 0 rings (SSSR count). The summed E-state index contributed by atoms with van der Waals surface area (Å²) in [5.74, 6) is -2.07. The topological polar surface area (TPSA) is 74.6 Å². The second-order valence-corrected chi connectivity index (χ2v) is 11.7. The second kappa shape index (κ2) is 5.49. The first kappa shape index (κ1) is 11.8. The quantitative estimate of drug-likeness (QED) is 0.713. The van der Waals surface area contributed by atoms with Crippen LogP contribution < -0.4 is 0 Å². The van der Waals surface area contributed by atoms with E-state index in [1.807, 2.05) is 11.4 Å². The Morgan fingerprint density at radius 1 is 1.42 bits per heavy atom. The van der Waals surface area contributed by atoms with Crippen LogP contribution in [-0.2, 0) is 9.59 Å². The summed E-state index contributed by atoms with van der Waals surface area (Å²) in [7, 11) is 1.30. The first-order chi connectivity index (χ1) is 5.43. The van der Waals surface area contributed by atoms with E-state index in [1.54, 1.807) is 0 Å². The number of carbonyl (C=O) groups is 2. The molecule has 0 saturated carbocycles. The third kappa shape index (κ3) is 5.49. The maximum atomic E-state index is 10.5. The van der Waals surface area contributed by atoms with Gasteiger partial charge >= 0.3 is 78.4 Å². The molecule has 0 aromatic heterocycles. The van der Waals surface area contributed by atoms with Gasteiger partial charge in [-0.2, -0.15) is 0 Å². The van der Waals surface area contributed by atoms with Gasteiger partial charge in [0.1, 0.15) is 0 Å². The van der Waals surface area contributed by atoms with E-state index >= 15 is 0 Å². The minimum absolute atomic E-state index is 0.285. The van der Waals surface area contributed by atoms with Crippen LogP contribution in [0.1, 0.15) is 6.42 Å². The summed E-state index contributed by atoms with van der Waals surface area (Å²) in [5.41, 5.74) is 3.96. The number of hydrogen-bond acceptors (Lipinski definition) is 3. The Morgan fingerprint density at radius 2 is 1.92 bits per heavy atom. The summed E-state index contributed by atoms with van der Waals surface area (Å²) in [6.07, 6.45) is -0.285. The van der Waals surface area contributed by atoms with Crippen LogP contribution in [0.3, 0.4) is 0 Å². The zero-order valence-electron chi connectivity index (χ0n) is 6.85. The Morgan fingerprint density at radius 3 is 2.17 bits per heavy atom. The molecule has 0 radical (unpaired) electrons. The summed E-state index contributed by atoms with van der Waals surface area (Å²) in [6.45, 7) is 0. The second-order valence-electron chi connectivity index (χ2n) is 2.34. The Labute approximate surface area is 78.6 Å². The molecule has 0 aromatic rings. The molecule has 0 bridgehead atoms. The fourth-order valence-electron chi connectivity index (χ4n) is 0.583. The number of carboxylic acids is 2. The Hall–Kier alpha value is -0.152. The van der Waals surface area contributed by atoms with Gasteiger partial charge < -0.3 is 0 Å². The van der Waals surface area contributed by atoms with Crippen LogP contribution in [0.15, 0.2) is 0 Å². The fourth-order valence-corrected chi connectivity index (χ4v) is 5.64. The van der Waals surface area contributed by atoms with E-state index in [1.165, 1.54) is 10.0 Å². The molecule has 0 fully saturated rings. The van der Waals surface area contributed by atoms with Crippen molar-refractivity contribution in [3.05, 3.63) is 0 Å². The summed E-state index contributed by atoms with van der Waals surface area (Å²) in [6, 6.07) is 0. The van der Waals surface area contributed by atoms with Gasteiger partial charge in [0.2, 0.25) is 0 Å². The van der Waals surface area contributed by atoms with Gasteiger partial charge in [-0.15, -0.1) is 0 Å². The molecule has 0 aliphatic rings. The van der Waals surface area contributed by atoms with E-state index in [4.69, 9.17) is 10.2 Å². The van der Waals surface area contributed by atoms with Crippen LogP contribution in [-0.4, -0.2) is 40.9 Å². The van der Waals surface area contributed by atoms with Crippen LogP contribution in [0.5, 0.6) is 0 Å². The molecule has 4 nitrogen and oxygen atoms in total. The van der Waals surface area contributed by atoms with E-state index in [0.29, 0.717) is 0 Å². The van der Waals surface area contributed by atoms with Gasteiger partial charge in [-0.3, -0.25) is 0 Å². The van der Waals surface area contributed by atoms with Gasteiger partial charge in [-0.05, 0) is 0 Å². The SMILES string of the molecule is C[As](C)SC(CC(=O)O)C(=O)O. The van der Waals surface area contributed by atoms with E-state index < -0.39 is 30.7 Å². The molecule has 0 aliphatic heterocycles. The molecule has 1 atom stereocenters. The average molecular weight is 254 g/mol. The molecule has 0 spiro atoms. The first-order valence-electron chi connectivity index (χ1n) is 3.22. The Balaban J connectivity index is 4.04. The van der Waals surface area contributed by atoms with Crippen molar-refractivity contribution in [2.24, 2.45) is 0 Å². The third-order valence-electron chi connectivity index (χ3n) is 0.974. The molecule has 0 aromatic carbocycles. The van der Waals surface area contributed by atoms with Crippen LogP contribution in [0.25, 0.3) is 0 Å². The molecule has 12 heavy (non-hydrogen) atoms. The summed E-state index contributed by atoms with van der Waals surface area (Å²) >= 11 is -1.13. The molecule has 6 heteroatoms. The van der Waals surface area contributed by atoms with Gasteiger partial charge in [-0.1, -0.05) is 0 Å². The van der Waals surface area contributed by atoms with Crippen LogP contribution in [0.4, 0.5) is 0 Å². The van der Waals surface area contributed by atoms with Crippen molar-refractivity contribution in [2.45, 2.75) is 23.1 Å². The van der Waals surface area contributed by atoms with Crippen LogP contribution in [0, 0.1) is 0 Å². The molecule has 0 aliphatic carbocycles. The number of rotatable bonds is 5. The summed E-state index contributed by atoms with van der Waals surface area (Å²) < 4.78 is 0. The molecule has 0 amide bonds. The number of hydrogen-bond donors (Lipinski definition) is 2. The zero-order chi connectivity index (χ0) is 9.72. The first-order valence-corrected chi connectivity index (χ1v) is 10.1. The molecule has 70 valence electrons. The van der Waals surface area contributed by atoms with Crippen molar-refractivity contribution in [1.82, 2.24) is 0 Å².